The molecule has 2 nitrogen and oxygen atoms in total. The highest BCUT2D eigenvalue weighted by Crippen LogP contribution is 2.46. The van der Waals surface area contributed by atoms with Crippen LogP contribution in [0.1, 0.15) is 31.2 Å². The first-order valence-corrected chi connectivity index (χ1v) is 8.49. The molecule has 1 aliphatic heterocycles. The number of hydrogen-bond donors (Lipinski definition) is 0. The van der Waals surface area contributed by atoms with Gasteiger partial charge in [0.1, 0.15) is 5.82 Å². The van der Waals surface area contributed by atoms with Crippen LogP contribution in [0.25, 0.3) is 0 Å². The van der Waals surface area contributed by atoms with Gasteiger partial charge in [-0.1, -0.05) is 24.6 Å². The van der Waals surface area contributed by atoms with Gasteiger partial charge in [-0.3, -0.25) is 9.80 Å². The van der Waals surface area contributed by atoms with E-state index in [-0.39, 0.29) is 5.82 Å². The van der Waals surface area contributed by atoms with Gasteiger partial charge in [-0.05, 0) is 37.2 Å². The molecule has 0 radical (unpaired) electrons. The van der Waals surface area contributed by atoms with E-state index in [9.17, 15) is 4.39 Å². The number of piperazine rings is 1. The van der Waals surface area contributed by atoms with E-state index < -0.39 is 0 Å². The molecule has 21 heavy (non-hydrogen) atoms. The Bertz CT molecular complexity index is 496. The smallest absolute Gasteiger partial charge is 0.127 e. The lowest BCUT2D eigenvalue weighted by molar-refractivity contribution is 0.0675. The van der Waals surface area contributed by atoms with Gasteiger partial charge in [0.05, 0.1) is 0 Å². The van der Waals surface area contributed by atoms with E-state index in [2.05, 4.69) is 9.80 Å². The van der Waals surface area contributed by atoms with Crippen molar-refractivity contribution in [2.45, 2.75) is 38.3 Å². The van der Waals surface area contributed by atoms with Gasteiger partial charge in [0.25, 0.3) is 0 Å². The van der Waals surface area contributed by atoms with E-state index in [1.54, 1.807) is 12.1 Å². The summed E-state index contributed by atoms with van der Waals surface area (Å²) in [5, 5.41) is 0. The highest BCUT2D eigenvalue weighted by molar-refractivity contribution is 5.17. The zero-order valence-corrected chi connectivity index (χ0v) is 12.7. The Kier molecular flexibility index (Phi) is 3.72. The second-order valence-corrected chi connectivity index (χ2v) is 7.15. The lowest BCUT2D eigenvalue weighted by atomic mass is 9.93. The van der Waals surface area contributed by atoms with E-state index in [0.29, 0.717) is 0 Å². The Morgan fingerprint density at radius 1 is 1.00 bits per heavy atom. The SMILES string of the molecule is Fc1ccccc1CN1CCN([C@@H]2C[C@@H]3CC[C@H]2C3)CC1. The van der Waals surface area contributed by atoms with Crippen molar-refractivity contribution in [2.24, 2.45) is 11.8 Å². The first kappa shape index (κ1) is 13.7. The standard InChI is InChI=1S/C18H25FN2/c19-17-4-2-1-3-16(17)13-20-7-9-21(10-8-20)18-12-14-5-6-15(18)11-14/h1-4,14-15,18H,5-13H2/t14-,15+,18-/m1/s1. The van der Waals surface area contributed by atoms with Crippen molar-refractivity contribution in [2.75, 3.05) is 26.2 Å². The van der Waals surface area contributed by atoms with E-state index in [1.807, 2.05) is 12.1 Å². The molecular formula is C18H25FN2. The number of nitrogens with zero attached hydrogens (tertiary/aromatic N) is 2. The molecule has 3 atom stereocenters. The Balaban J connectivity index is 1.32. The second kappa shape index (κ2) is 5.69. The highest BCUT2D eigenvalue weighted by Gasteiger charge is 2.42. The zero-order valence-electron chi connectivity index (χ0n) is 12.7. The minimum Gasteiger partial charge on any atom is -0.298 e. The van der Waals surface area contributed by atoms with Gasteiger partial charge in [0.15, 0.2) is 0 Å². The van der Waals surface area contributed by atoms with Crippen LogP contribution >= 0.6 is 0 Å². The van der Waals surface area contributed by atoms with Crippen LogP contribution < -0.4 is 0 Å². The maximum Gasteiger partial charge on any atom is 0.127 e. The molecule has 1 aromatic carbocycles. The topological polar surface area (TPSA) is 6.48 Å². The fraction of sp³-hybridized carbons (Fsp3) is 0.667. The third-order valence-corrected chi connectivity index (χ3v) is 5.93. The van der Waals surface area contributed by atoms with Crippen LogP contribution in [-0.4, -0.2) is 42.0 Å². The molecule has 1 saturated heterocycles. The molecule has 2 saturated carbocycles. The summed E-state index contributed by atoms with van der Waals surface area (Å²) in [5.74, 6) is 1.94. The fourth-order valence-corrected chi connectivity index (χ4v) is 4.78. The largest absolute Gasteiger partial charge is 0.298 e. The lowest BCUT2D eigenvalue weighted by Crippen LogP contribution is -2.51. The summed E-state index contributed by atoms with van der Waals surface area (Å²) in [6, 6.07) is 8.05. The monoisotopic (exact) mass is 288 g/mol. The summed E-state index contributed by atoms with van der Waals surface area (Å²) in [6.45, 7) is 5.27. The van der Waals surface area contributed by atoms with Crippen molar-refractivity contribution in [3.8, 4) is 0 Å². The lowest BCUT2D eigenvalue weighted by Gasteiger charge is -2.41. The highest BCUT2D eigenvalue weighted by atomic mass is 19.1. The van der Waals surface area contributed by atoms with Crippen molar-refractivity contribution in [1.29, 1.82) is 0 Å². The molecule has 2 aliphatic carbocycles. The van der Waals surface area contributed by atoms with Gasteiger partial charge < -0.3 is 0 Å². The van der Waals surface area contributed by atoms with Gasteiger partial charge in [-0.2, -0.15) is 0 Å². The van der Waals surface area contributed by atoms with Crippen LogP contribution in [0, 0.1) is 17.7 Å². The number of benzene rings is 1. The predicted octanol–water partition coefficient (Wildman–Crippen LogP) is 3.13. The van der Waals surface area contributed by atoms with Gasteiger partial charge in [-0.15, -0.1) is 0 Å². The Morgan fingerprint density at radius 2 is 1.81 bits per heavy atom. The normalized spacial score (nSPS) is 33.7. The molecule has 1 heterocycles. The molecule has 3 aliphatic rings. The van der Waals surface area contributed by atoms with Gasteiger partial charge in [0.2, 0.25) is 0 Å². The minimum absolute atomic E-state index is 0.0620. The molecule has 0 aromatic heterocycles. The first-order valence-electron chi connectivity index (χ1n) is 8.49. The maximum absolute atomic E-state index is 13.7. The number of fused-ring (bicyclic) bond motifs is 2. The molecule has 2 bridgehead atoms. The minimum atomic E-state index is -0.0620. The molecule has 114 valence electrons. The molecule has 4 rings (SSSR count). The Labute approximate surface area is 126 Å². The van der Waals surface area contributed by atoms with E-state index >= 15 is 0 Å². The average molecular weight is 288 g/mol. The van der Waals surface area contributed by atoms with E-state index in [1.165, 1.54) is 38.8 Å². The molecule has 1 aromatic rings. The zero-order chi connectivity index (χ0) is 14.2. The molecule has 3 fully saturated rings. The van der Waals surface area contributed by atoms with Crippen LogP contribution in [0.5, 0.6) is 0 Å². The van der Waals surface area contributed by atoms with Crippen molar-refractivity contribution in [3.05, 3.63) is 35.6 Å². The Morgan fingerprint density at radius 3 is 2.48 bits per heavy atom. The van der Waals surface area contributed by atoms with Crippen molar-refractivity contribution in [1.82, 2.24) is 9.80 Å². The summed E-state index contributed by atoms with van der Waals surface area (Å²) in [5.41, 5.74) is 0.839. The second-order valence-electron chi connectivity index (χ2n) is 7.15. The predicted molar refractivity (Wildman–Crippen MR) is 82.5 cm³/mol. The average Bonchev–Trinajstić information content (AvgIpc) is 3.13. The van der Waals surface area contributed by atoms with Gasteiger partial charge in [0, 0.05) is 44.3 Å². The quantitative estimate of drug-likeness (QED) is 0.843. The fourth-order valence-electron chi connectivity index (χ4n) is 4.78. The number of halogens is 1. The summed E-state index contributed by atoms with van der Waals surface area (Å²) in [4.78, 5) is 5.13. The Hall–Kier alpha value is -0.930. The molecule has 0 unspecified atom stereocenters. The van der Waals surface area contributed by atoms with Crippen LogP contribution in [0.3, 0.4) is 0 Å². The van der Waals surface area contributed by atoms with Gasteiger partial charge >= 0.3 is 0 Å². The third-order valence-electron chi connectivity index (χ3n) is 5.93. The van der Waals surface area contributed by atoms with Crippen molar-refractivity contribution in [3.63, 3.8) is 0 Å². The van der Waals surface area contributed by atoms with Crippen LogP contribution in [0.4, 0.5) is 4.39 Å². The molecular weight excluding hydrogens is 263 g/mol. The summed E-state index contributed by atoms with van der Waals surface area (Å²) in [7, 11) is 0. The summed E-state index contributed by atoms with van der Waals surface area (Å²) < 4.78 is 13.7. The third kappa shape index (κ3) is 2.74. The van der Waals surface area contributed by atoms with E-state index in [0.717, 1.165) is 43.1 Å². The first-order chi connectivity index (χ1) is 10.3. The molecule has 3 heteroatoms. The van der Waals surface area contributed by atoms with Crippen LogP contribution in [-0.2, 0) is 6.54 Å². The summed E-state index contributed by atoms with van der Waals surface area (Å²) in [6.07, 6.45) is 5.87. The van der Waals surface area contributed by atoms with Gasteiger partial charge in [-0.25, -0.2) is 4.39 Å². The van der Waals surface area contributed by atoms with Crippen LogP contribution in [0.2, 0.25) is 0 Å². The van der Waals surface area contributed by atoms with Crippen molar-refractivity contribution < 1.29 is 4.39 Å². The molecule has 0 N–H and O–H groups in total. The number of hydrogen-bond acceptors (Lipinski definition) is 2. The van der Waals surface area contributed by atoms with Crippen LogP contribution in [0.15, 0.2) is 24.3 Å². The summed E-state index contributed by atoms with van der Waals surface area (Å²) >= 11 is 0. The van der Waals surface area contributed by atoms with E-state index in [4.69, 9.17) is 0 Å². The maximum atomic E-state index is 13.7. The molecule has 0 spiro atoms. The van der Waals surface area contributed by atoms with Crippen molar-refractivity contribution >= 4 is 0 Å². The molecule has 0 amide bonds. The number of rotatable bonds is 3.